The first-order valence-electron chi connectivity index (χ1n) is 8.21. The minimum atomic E-state index is -2.91. The molecule has 3 rings (SSSR count). The van der Waals surface area contributed by atoms with Gasteiger partial charge in [0.1, 0.15) is 5.82 Å². The van der Waals surface area contributed by atoms with Crippen molar-refractivity contribution in [2.75, 3.05) is 7.11 Å². The molecule has 0 aliphatic carbocycles. The second kappa shape index (κ2) is 8.92. The fraction of sp³-hybridized carbons (Fsp3) is 0.200. The molecule has 1 atom stereocenters. The number of thiophene rings is 1. The molecule has 0 bridgehead atoms. The molecule has 0 amide bonds. The van der Waals surface area contributed by atoms with Crippen LogP contribution in [0.4, 0.5) is 13.2 Å². The van der Waals surface area contributed by atoms with E-state index in [0.717, 1.165) is 16.0 Å². The van der Waals surface area contributed by atoms with Crippen LogP contribution in [0, 0.1) is 5.82 Å². The third kappa shape index (κ3) is 5.02. The van der Waals surface area contributed by atoms with Crippen LogP contribution < -0.4 is 14.8 Å². The summed E-state index contributed by atoms with van der Waals surface area (Å²) in [5.74, 6) is -0.0586. The first-order valence-corrected chi connectivity index (χ1v) is 9.08. The van der Waals surface area contributed by atoms with Crippen LogP contribution in [0.2, 0.25) is 0 Å². The number of hydrogen-bond acceptors (Lipinski definition) is 4. The van der Waals surface area contributed by atoms with E-state index >= 15 is 0 Å². The predicted molar refractivity (Wildman–Crippen MR) is 99.0 cm³/mol. The van der Waals surface area contributed by atoms with Gasteiger partial charge in [0.25, 0.3) is 0 Å². The molecule has 3 aromatic rings. The molecule has 0 radical (unpaired) electrons. The molecule has 3 nitrogen and oxygen atoms in total. The van der Waals surface area contributed by atoms with Gasteiger partial charge in [-0.05, 0) is 46.8 Å². The number of halogens is 3. The SMILES string of the molecule is COc1cc(CN[C@@H](c2ccc(F)cc2)c2cccs2)ccc1OC(F)F. The molecule has 7 heteroatoms. The Hall–Kier alpha value is -2.51. The van der Waals surface area contributed by atoms with Crippen LogP contribution in [0.1, 0.15) is 22.0 Å². The van der Waals surface area contributed by atoms with E-state index in [9.17, 15) is 13.2 Å². The van der Waals surface area contributed by atoms with Crippen LogP contribution in [-0.2, 0) is 6.54 Å². The topological polar surface area (TPSA) is 30.5 Å². The molecule has 27 heavy (non-hydrogen) atoms. The van der Waals surface area contributed by atoms with Crippen molar-refractivity contribution in [3.63, 3.8) is 0 Å². The Morgan fingerprint density at radius 2 is 1.81 bits per heavy atom. The van der Waals surface area contributed by atoms with Gasteiger partial charge in [-0.15, -0.1) is 11.3 Å². The summed E-state index contributed by atoms with van der Waals surface area (Å²) in [5.41, 5.74) is 1.78. The lowest BCUT2D eigenvalue weighted by molar-refractivity contribution is -0.0512. The molecule has 0 saturated carbocycles. The van der Waals surface area contributed by atoms with E-state index in [-0.39, 0.29) is 23.4 Å². The molecule has 142 valence electrons. The number of hydrogen-bond donors (Lipinski definition) is 1. The zero-order valence-corrected chi connectivity index (χ0v) is 15.3. The van der Waals surface area contributed by atoms with Crippen LogP contribution in [0.25, 0.3) is 0 Å². The van der Waals surface area contributed by atoms with Gasteiger partial charge in [0.05, 0.1) is 13.2 Å². The smallest absolute Gasteiger partial charge is 0.387 e. The monoisotopic (exact) mass is 393 g/mol. The highest BCUT2D eigenvalue weighted by Gasteiger charge is 2.16. The Morgan fingerprint density at radius 3 is 2.44 bits per heavy atom. The van der Waals surface area contributed by atoms with Crippen molar-refractivity contribution in [3.05, 3.63) is 81.8 Å². The Morgan fingerprint density at radius 1 is 1.04 bits per heavy atom. The van der Waals surface area contributed by atoms with Gasteiger partial charge < -0.3 is 14.8 Å². The maximum Gasteiger partial charge on any atom is 0.387 e. The van der Waals surface area contributed by atoms with Crippen LogP contribution >= 0.6 is 11.3 Å². The largest absolute Gasteiger partial charge is 0.493 e. The molecule has 1 N–H and O–H groups in total. The van der Waals surface area contributed by atoms with Crippen LogP contribution in [-0.4, -0.2) is 13.7 Å². The van der Waals surface area contributed by atoms with Gasteiger partial charge in [-0.3, -0.25) is 0 Å². The van der Waals surface area contributed by atoms with Crippen molar-refractivity contribution in [2.24, 2.45) is 0 Å². The Balaban J connectivity index is 1.78. The maximum absolute atomic E-state index is 13.3. The van der Waals surface area contributed by atoms with E-state index in [0.29, 0.717) is 6.54 Å². The number of nitrogens with one attached hydrogen (secondary N) is 1. The minimum Gasteiger partial charge on any atom is -0.493 e. The van der Waals surface area contributed by atoms with Gasteiger partial charge in [0.15, 0.2) is 11.5 Å². The van der Waals surface area contributed by atoms with Gasteiger partial charge in [-0.2, -0.15) is 8.78 Å². The first-order chi connectivity index (χ1) is 13.1. The van der Waals surface area contributed by atoms with Crippen LogP contribution in [0.15, 0.2) is 60.0 Å². The average Bonchev–Trinajstić information content (AvgIpc) is 3.18. The highest BCUT2D eigenvalue weighted by atomic mass is 32.1. The second-order valence-electron chi connectivity index (χ2n) is 5.74. The lowest BCUT2D eigenvalue weighted by atomic mass is 10.0. The Kier molecular flexibility index (Phi) is 6.36. The molecule has 0 fully saturated rings. The number of rotatable bonds is 8. The summed E-state index contributed by atoms with van der Waals surface area (Å²) in [6, 6.07) is 15.0. The summed E-state index contributed by atoms with van der Waals surface area (Å²) < 4.78 is 47.7. The van der Waals surface area contributed by atoms with E-state index in [1.807, 2.05) is 17.5 Å². The molecule has 0 spiro atoms. The maximum atomic E-state index is 13.3. The van der Waals surface area contributed by atoms with Crippen molar-refractivity contribution in [2.45, 2.75) is 19.2 Å². The summed E-state index contributed by atoms with van der Waals surface area (Å²) in [6.45, 7) is -2.45. The standard InChI is InChI=1S/C20H18F3NO2S/c1-25-17-11-13(4-9-16(17)26-20(22)23)12-24-19(18-3-2-10-27-18)14-5-7-15(21)8-6-14/h2-11,19-20,24H,12H2,1H3/t19-/m0/s1. The van der Waals surface area contributed by atoms with Crippen molar-refractivity contribution in [1.82, 2.24) is 5.32 Å². The molecular formula is C20H18F3NO2S. The Bertz CT molecular complexity index is 854. The van der Waals surface area contributed by atoms with Gasteiger partial charge in [-0.1, -0.05) is 24.3 Å². The fourth-order valence-electron chi connectivity index (χ4n) is 2.73. The van der Waals surface area contributed by atoms with E-state index < -0.39 is 6.61 Å². The third-order valence-electron chi connectivity index (χ3n) is 3.99. The van der Waals surface area contributed by atoms with E-state index in [4.69, 9.17) is 4.74 Å². The first kappa shape index (κ1) is 19.3. The van der Waals surface area contributed by atoms with Crippen molar-refractivity contribution in [1.29, 1.82) is 0 Å². The van der Waals surface area contributed by atoms with Crippen molar-refractivity contribution >= 4 is 11.3 Å². The molecule has 1 heterocycles. The summed E-state index contributed by atoms with van der Waals surface area (Å²) in [7, 11) is 1.40. The zero-order valence-electron chi connectivity index (χ0n) is 14.5. The lowest BCUT2D eigenvalue weighted by Crippen LogP contribution is -2.21. The molecule has 0 aliphatic heterocycles. The van der Waals surface area contributed by atoms with Gasteiger partial charge in [-0.25, -0.2) is 4.39 Å². The van der Waals surface area contributed by atoms with E-state index in [1.165, 1.54) is 25.3 Å². The highest BCUT2D eigenvalue weighted by Crippen LogP contribution is 2.31. The predicted octanol–water partition coefficient (Wildman–Crippen LogP) is 5.38. The highest BCUT2D eigenvalue weighted by molar-refractivity contribution is 7.10. The number of alkyl halides is 2. The summed E-state index contributed by atoms with van der Waals surface area (Å²) in [4.78, 5) is 1.09. The number of benzene rings is 2. The lowest BCUT2D eigenvalue weighted by Gasteiger charge is -2.19. The van der Waals surface area contributed by atoms with Crippen LogP contribution in [0.3, 0.4) is 0 Å². The molecule has 2 aromatic carbocycles. The van der Waals surface area contributed by atoms with Crippen molar-refractivity contribution < 1.29 is 22.6 Å². The summed E-state index contributed by atoms with van der Waals surface area (Å²) in [6.07, 6.45) is 0. The Labute approximate surface area is 159 Å². The molecule has 1 aromatic heterocycles. The second-order valence-corrected chi connectivity index (χ2v) is 6.72. The normalized spacial score (nSPS) is 12.2. The fourth-order valence-corrected chi connectivity index (χ4v) is 3.56. The average molecular weight is 393 g/mol. The van der Waals surface area contributed by atoms with E-state index in [2.05, 4.69) is 10.1 Å². The van der Waals surface area contributed by atoms with Gasteiger partial charge >= 0.3 is 6.61 Å². The van der Waals surface area contributed by atoms with Gasteiger partial charge in [0, 0.05) is 11.4 Å². The zero-order chi connectivity index (χ0) is 19.2. The molecule has 0 unspecified atom stereocenters. The van der Waals surface area contributed by atoms with E-state index in [1.54, 1.807) is 35.6 Å². The quantitative estimate of drug-likeness (QED) is 0.558. The minimum absolute atomic E-state index is 0.00964. The summed E-state index contributed by atoms with van der Waals surface area (Å²) in [5, 5.41) is 5.41. The number of ether oxygens (including phenoxy) is 2. The molecule has 0 aliphatic rings. The van der Waals surface area contributed by atoms with Gasteiger partial charge in [0.2, 0.25) is 0 Å². The third-order valence-corrected chi connectivity index (χ3v) is 4.92. The molecule has 0 saturated heterocycles. The van der Waals surface area contributed by atoms with Crippen molar-refractivity contribution in [3.8, 4) is 11.5 Å². The molecular weight excluding hydrogens is 375 g/mol. The van der Waals surface area contributed by atoms with Crippen LogP contribution in [0.5, 0.6) is 11.5 Å². The summed E-state index contributed by atoms with van der Waals surface area (Å²) >= 11 is 1.60. The number of methoxy groups -OCH3 is 1.